The van der Waals surface area contributed by atoms with Gasteiger partial charge in [0.05, 0.1) is 0 Å². The molecule has 0 amide bonds. The van der Waals surface area contributed by atoms with Crippen LogP contribution in [0.5, 0.6) is 0 Å². The smallest absolute Gasteiger partial charge is 0.0206 e. The summed E-state index contributed by atoms with van der Waals surface area (Å²) in [4.78, 5) is 2.42. The van der Waals surface area contributed by atoms with Crippen molar-refractivity contribution in [2.24, 2.45) is 0 Å². The molecule has 1 aromatic rings. The quantitative estimate of drug-likeness (QED) is 0.744. The summed E-state index contributed by atoms with van der Waals surface area (Å²) in [5.74, 6) is 0. The minimum atomic E-state index is 0.916. The van der Waals surface area contributed by atoms with Crippen LogP contribution in [0.25, 0.3) is 0 Å². The Morgan fingerprint density at radius 3 is 2.18 bits per heavy atom. The summed E-state index contributed by atoms with van der Waals surface area (Å²) in [6, 6.07) is 6.35. The lowest BCUT2D eigenvalue weighted by Gasteiger charge is -2.18. The van der Waals surface area contributed by atoms with Crippen LogP contribution in [0.3, 0.4) is 0 Å². The first-order valence-corrected chi connectivity index (χ1v) is 7.62. The van der Waals surface area contributed by atoms with Gasteiger partial charge in [0.25, 0.3) is 0 Å². The summed E-state index contributed by atoms with van der Waals surface area (Å²) in [7, 11) is 0. The predicted molar refractivity (Wildman–Crippen MR) is 81.3 cm³/mol. The SMILES string of the molecule is CCN(CC)CCNCc1cc(Br)cc(Br)c1. The Morgan fingerprint density at radius 2 is 1.65 bits per heavy atom. The van der Waals surface area contributed by atoms with Gasteiger partial charge in [0.2, 0.25) is 0 Å². The summed E-state index contributed by atoms with van der Waals surface area (Å²) in [5.41, 5.74) is 1.30. The molecular formula is C13H20Br2N2. The fourth-order valence-corrected chi connectivity index (χ4v) is 3.11. The largest absolute Gasteiger partial charge is 0.311 e. The Labute approximate surface area is 121 Å². The molecular weight excluding hydrogens is 344 g/mol. The minimum Gasteiger partial charge on any atom is -0.311 e. The van der Waals surface area contributed by atoms with E-state index in [0.717, 1.165) is 41.7 Å². The number of halogens is 2. The molecule has 0 bridgehead atoms. The third kappa shape index (κ3) is 6.00. The molecule has 0 aliphatic rings. The Bertz CT molecular complexity index is 318. The summed E-state index contributed by atoms with van der Waals surface area (Å²) in [5, 5.41) is 3.47. The molecule has 0 spiro atoms. The maximum atomic E-state index is 3.50. The van der Waals surface area contributed by atoms with Crippen molar-refractivity contribution >= 4 is 31.9 Å². The molecule has 0 aliphatic heterocycles. The normalized spacial score (nSPS) is 11.1. The molecule has 0 atom stereocenters. The van der Waals surface area contributed by atoms with Crippen LogP contribution < -0.4 is 5.32 Å². The van der Waals surface area contributed by atoms with E-state index in [9.17, 15) is 0 Å². The van der Waals surface area contributed by atoms with Crippen molar-refractivity contribution in [3.63, 3.8) is 0 Å². The van der Waals surface area contributed by atoms with E-state index in [1.807, 2.05) is 0 Å². The standard InChI is InChI=1S/C13H20Br2N2/c1-3-17(4-2)6-5-16-10-11-7-12(14)9-13(15)8-11/h7-9,16H,3-6,10H2,1-2H3. The number of hydrogen-bond acceptors (Lipinski definition) is 2. The van der Waals surface area contributed by atoms with E-state index in [0.29, 0.717) is 0 Å². The topological polar surface area (TPSA) is 15.3 Å². The third-order valence-corrected chi connectivity index (χ3v) is 3.67. The van der Waals surface area contributed by atoms with Gasteiger partial charge < -0.3 is 10.2 Å². The maximum absolute atomic E-state index is 3.50. The second kappa shape index (κ2) is 8.25. The number of benzene rings is 1. The highest BCUT2D eigenvalue weighted by Gasteiger charge is 1.99. The van der Waals surface area contributed by atoms with Crippen LogP contribution in [0.15, 0.2) is 27.1 Å². The number of nitrogens with zero attached hydrogens (tertiary/aromatic N) is 1. The lowest BCUT2D eigenvalue weighted by atomic mass is 10.2. The van der Waals surface area contributed by atoms with Gasteiger partial charge in [-0.25, -0.2) is 0 Å². The molecule has 0 aliphatic carbocycles. The Hall–Kier alpha value is 0.1000. The van der Waals surface area contributed by atoms with Gasteiger partial charge in [0, 0.05) is 28.6 Å². The molecule has 1 N–H and O–H groups in total. The molecule has 0 radical (unpaired) electrons. The lowest BCUT2D eigenvalue weighted by Crippen LogP contribution is -2.31. The zero-order chi connectivity index (χ0) is 12.7. The van der Waals surface area contributed by atoms with Crippen molar-refractivity contribution in [1.82, 2.24) is 10.2 Å². The van der Waals surface area contributed by atoms with Gasteiger partial charge >= 0.3 is 0 Å². The van der Waals surface area contributed by atoms with E-state index < -0.39 is 0 Å². The first kappa shape index (κ1) is 15.2. The van der Waals surface area contributed by atoms with Gasteiger partial charge in [-0.05, 0) is 36.9 Å². The van der Waals surface area contributed by atoms with E-state index in [-0.39, 0.29) is 0 Å². The molecule has 0 aromatic heterocycles. The zero-order valence-corrected chi connectivity index (χ0v) is 13.6. The third-order valence-electron chi connectivity index (χ3n) is 2.75. The predicted octanol–water partition coefficient (Wildman–Crippen LogP) is 3.64. The molecule has 1 aromatic carbocycles. The van der Waals surface area contributed by atoms with E-state index in [4.69, 9.17) is 0 Å². The minimum absolute atomic E-state index is 0.916. The van der Waals surface area contributed by atoms with Gasteiger partial charge in [0.1, 0.15) is 0 Å². The zero-order valence-electron chi connectivity index (χ0n) is 10.5. The fourth-order valence-electron chi connectivity index (χ4n) is 1.72. The molecule has 2 nitrogen and oxygen atoms in total. The molecule has 0 saturated carbocycles. The van der Waals surface area contributed by atoms with Crippen LogP contribution in [0.2, 0.25) is 0 Å². The van der Waals surface area contributed by atoms with Crippen molar-refractivity contribution in [3.05, 3.63) is 32.7 Å². The highest BCUT2D eigenvalue weighted by molar-refractivity contribution is 9.11. The first-order valence-electron chi connectivity index (χ1n) is 6.03. The van der Waals surface area contributed by atoms with Crippen LogP contribution in [0.4, 0.5) is 0 Å². The lowest BCUT2D eigenvalue weighted by molar-refractivity contribution is 0.302. The summed E-state index contributed by atoms with van der Waals surface area (Å²) < 4.78 is 2.24. The number of rotatable bonds is 7. The number of hydrogen-bond donors (Lipinski definition) is 1. The average Bonchev–Trinajstić information content (AvgIpc) is 2.28. The number of likely N-dealkylation sites (N-methyl/N-ethyl adjacent to an activating group) is 1. The van der Waals surface area contributed by atoms with Crippen molar-refractivity contribution in [3.8, 4) is 0 Å². The second-order valence-corrected chi connectivity index (χ2v) is 5.81. The van der Waals surface area contributed by atoms with Crippen LogP contribution in [-0.2, 0) is 6.54 Å². The molecule has 0 heterocycles. The summed E-state index contributed by atoms with van der Waals surface area (Å²) in [6.07, 6.45) is 0. The monoisotopic (exact) mass is 362 g/mol. The van der Waals surface area contributed by atoms with Crippen molar-refractivity contribution in [2.45, 2.75) is 20.4 Å². The number of nitrogens with one attached hydrogen (secondary N) is 1. The highest BCUT2D eigenvalue weighted by Crippen LogP contribution is 2.19. The molecule has 0 unspecified atom stereocenters. The molecule has 17 heavy (non-hydrogen) atoms. The first-order chi connectivity index (χ1) is 8.15. The van der Waals surface area contributed by atoms with E-state index in [2.05, 4.69) is 74.1 Å². The van der Waals surface area contributed by atoms with Crippen LogP contribution in [0, 0.1) is 0 Å². The highest BCUT2D eigenvalue weighted by atomic mass is 79.9. The van der Waals surface area contributed by atoms with E-state index in [1.54, 1.807) is 0 Å². The maximum Gasteiger partial charge on any atom is 0.0206 e. The fraction of sp³-hybridized carbons (Fsp3) is 0.538. The van der Waals surface area contributed by atoms with Crippen LogP contribution in [0.1, 0.15) is 19.4 Å². The van der Waals surface area contributed by atoms with Gasteiger partial charge in [-0.15, -0.1) is 0 Å². The Kier molecular flexibility index (Phi) is 7.35. The average molecular weight is 364 g/mol. The molecule has 0 fully saturated rings. The molecule has 0 saturated heterocycles. The van der Waals surface area contributed by atoms with Gasteiger partial charge in [-0.2, -0.15) is 0 Å². The van der Waals surface area contributed by atoms with Crippen LogP contribution >= 0.6 is 31.9 Å². The van der Waals surface area contributed by atoms with Crippen molar-refractivity contribution in [1.29, 1.82) is 0 Å². The molecule has 1 rings (SSSR count). The van der Waals surface area contributed by atoms with Gasteiger partial charge in [0.15, 0.2) is 0 Å². The van der Waals surface area contributed by atoms with E-state index in [1.165, 1.54) is 5.56 Å². The Balaban J connectivity index is 2.31. The Morgan fingerprint density at radius 1 is 1.06 bits per heavy atom. The van der Waals surface area contributed by atoms with Crippen molar-refractivity contribution < 1.29 is 0 Å². The summed E-state index contributed by atoms with van der Waals surface area (Å²) in [6.45, 7) is 9.72. The molecule has 96 valence electrons. The van der Waals surface area contributed by atoms with E-state index >= 15 is 0 Å². The molecule has 4 heteroatoms. The van der Waals surface area contributed by atoms with Crippen LogP contribution in [-0.4, -0.2) is 31.1 Å². The van der Waals surface area contributed by atoms with Gasteiger partial charge in [-0.3, -0.25) is 0 Å². The second-order valence-electron chi connectivity index (χ2n) is 3.98. The van der Waals surface area contributed by atoms with Crippen molar-refractivity contribution in [2.75, 3.05) is 26.2 Å². The van der Waals surface area contributed by atoms with Gasteiger partial charge in [-0.1, -0.05) is 45.7 Å². The summed E-state index contributed by atoms with van der Waals surface area (Å²) >= 11 is 7.00.